The first-order valence-corrected chi connectivity index (χ1v) is 9.42. The Morgan fingerprint density at radius 2 is 1.52 bits per heavy atom. The van der Waals surface area contributed by atoms with Gasteiger partial charge in [-0.1, -0.05) is 42.5 Å². The van der Waals surface area contributed by atoms with Crippen molar-refractivity contribution in [2.75, 3.05) is 0 Å². The Bertz CT molecular complexity index is 1170. The van der Waals surface area contributed by atoms with Crippen LogP contribution in [-0.4, -0.2) is 5.78 Å². The zero-order chi connectivity index (χ0) is 22.8. The second kappa shape index (κ2) is 8.40. The van der Waals surface area contributed by atoms with E-state index in [-0.39, 0.29) is 32.9 Å². The van der Waals surface area contributed by atoms with Crippen molar-refractivity contribution in [3.8, 4) is 17.2 Å². The van der Waals surface area contributed by atoms with Crippen molar-refractivity contribution in [3.05, 3.63) is 87.1 Å². The number of halogens is 6. The minimum absolute atomic E-state index is 0.133. The first-order valence-electron chi connectivity index (χ1n) is 8.61. The van der Waals surface area contributed by atoms with Crippen LogP contribution in [0.3, 0.4) is 0 Å². The maximum atomic E-state index is 13.5. The van der Waals surface area contributed by atoms with Gasteiger partial charge in [0.15, 0.2) is 0 Å². The molecule has 0 radical (unpaired) electrons. The first-order chi connectivity index (χ1) is 14.5. The summed E-state index contributed by atoms with van der Waals surface area (Å²) in [6.45, 7) is 0. The number of carbonyl (C=O) groups excluding carboxylic acids is 1. The van der Waals surface area contributed by atoms with Crippen LogP contribution in [0.5, 0.6) is 0 Å². The third kappa shape index (κ3) is 5.03. The molecule has 31 heavy (non-hydrogen) atoms. The zero-order valence-corrected chi connectivity index (χ0v) is 16.2. The fourth-order valence-corrected chi connectivity index (χ4v) is 3.76. The van der Waals surface area contributed by atoms with Crippen LogP contribution in [0.25, 0.3) is 17.2 Å². The Kier molecular flexibility index (Phi) is 6.04. The Labute approximate surface area is 176 Å². The molecular formula is C22H11F6NOS. The fraction of sp³-hybridized carbons (Fsp3) is 0.0909. The van der Waals surface area contributed by atoms with E-state index in [1.165, 1.54) is 12.1 Å². The van der Waals surface area contributed by atoms with Crippen LogP contribution in [-0.2, 0) is 12.4 Å². The summed E-state index contributed by atoms with van der Waals surface area (Å²) in [7, 11) is 0. The molecule has 0 N–H and O–H groups in total. The minimum Gasteiger partial charge on any atom is -0.287 e. The lowest BCUT2D eigenvalue weighted by molar-refractivity contribution is -0.137. The van der Waals surface area contributed by atoms with Crippen molar-refractivity contribution in [2.24, 2.45) is 0 Å². The summed E-state index contributed by atoms with van der Waals surface area (Å²) >= 11 is 0.214. The van der Waals surface area contributed by atoms with E-state index in [4.69, 9.17) is 0 Å². The molecule has 0 amide bonds. The third-order valence-corrected chi connectivity index (χ3v) is 5.39. The number of benzene rings is 2. The Balaban J connectivity index is 2.00. The maximum Gasteiger partial charge on any atom is 0.426 e. The van der Waals surface area contributed by atoms with E-state index in [9.17, 15) is 36.4 Å². The Morgan fingerprint density at radius 1 is 0.903 bits per heavy atom. The van der Waals surface area contributed by atoms with E-state index < -0.39 is 34.1 Å². The van der Waals surface area contributed by atoms with Crippen molar-refractivity contribution in [2.45, 2.75) is 12.4 Å². The number of allylic oxidation sites excluding steroid dienone is 1. The molecular weight excluding hydrogens is 440 g/mol. The molecule has 0 unspecified atom stereocenters. The Hall–Kier alpha value is -3.38. The zero-order valence-electron chi connectivity index (χ0n) is 15.4. The molecule has 2 nitrogen and oxygen atoms in total. The third-order valence-electron chi connectivity index (χ3n) is 4.21. The summed E-state index contributed by atoms with van der Waals surface area (Å²) in [4.78, 5) is 11.4. The largest absolute Gasteiger partial charge is 0.426 e. The van der Waals surface area contributed by atoms with Gasteiger partial charge < -0.3 is 0 Å². The number of thiophene rings is 1. The minimum atomic E-state index is -4.71. The van der Waals surface area contributed by atoms with Crippen molar-refractivity contribution < 1.29 is 31.1 Å². The first kappa shape index (κ1) is 22.3. The SMILES string of the molecule is N#C/C(=C\c1ccc(C(F)(F)F)cc1)C(=O)c1cc(-c2ccccc2)c(C(F)(F)F)s1. The van der Waals surface area contributed by atoms with Crippen LogP contribution in [0.1, 0.15) is 25.7 Å². The Morgan fingerprint density at radius 3 is 2.03 bits per heavy atom. The summed E-state index contributed by atoms with van der Waals surface area (Å²) in [6.07, 6.45) is -8.22. The summed E-state index contributed by atoms with van der Waals surface area (Å²) < 4.78 is 78.5. The highest BCUT2D eigenvalue weighted by Crippen LogP contribution is 2.43. The lowest BCUT2D eigenvalue weighted by Crippen LogP contribution is -2.04. The molecule has 0 bridgehead atoms. The fourth-order valence-electron chi connectivity index (χ4n) is 2.76. The highest BCUT2D eigenvalue weighted by Gasteiger charge is 2.37. The van der Waals surface area contributed by atoms with Gasteiger partial charge in [0.2, 0.25) is 5.78 Å². The van der Waals surface area contributed by atoms with Crippen molar-refractivity contribution >= 4 is 23.2 Å². The second-order valence-electron chi connectivity index (χ2n) is 6.34. The van der Waals surface area contributed by atoms with Crippen LogP contribution in [0.4, 0.5) is 26.3 Å². The van der Waals surface area contributed by atoms with Gasteiger partial charge in [0.1, 0.15) is 16.5 Å². The van der Waals surface area contributed by atoms with Gasteiger partial charge >= 0.3 is 12.4 Å². The van der Waals surface area contributed by atoms with E-state index in [0.29, 0.717) is 0 Å². The molecule has 0 saturated heterocycles. The lowest BCUT2D eigenvalue weighted by Gasteiger charge is -2.07. The molecule has 0 spiro atoms. The molecule has 2 aromatic carbocycles. The number of hydrogen-bond acceptors (Lipinski definition) is 3. The van der Waals surface area contributed by atoms with Crippen LogP contribution in [0, 0.1) is 11.3 Å². The van der Waals surface area contributed by atoms with E-state index in [2.05, 4.69) is 0 Å². The molecule has 3 aromatic rings. The predicted molar refractivity (Wildman–Crippen MR) is 104 cm³/mol. The van der Waals surface area contributed by atoms with Gasteiger partial charge in [0.25, 0.3) is 0 Å². The monoisotopic (exact) mass is 451 g/mol. The van der Waals surface area contributed by atoms with E-state index in [0.717, 1.165) is 36.4 Å². The van der Waals surface area contributed by atoms with Gasteiger partial charge in [-0.2, -0.15) is 31.6 Å². The lowest BCUT2D eigenvalue weighted by atomic mass is 10.0. The highest BCUT2D eigenvalue weighted by molar-refractivity contribution is 7.14. The quantitative estimate of drug-likeness (QED) is 0.182. The number of nitrogens with zero attached hydrogens (tertiary/aromatic N) is 1. The molecule has 0 aliphatic rings. The molecule has 0 atom stereocenters. The molecule has 0 aliphatic carbocycles. The van der Waals surface area contributed by atoms with Crippen LogP contribution in [0.15, 0.2) is 66.2 Å². The maximum absolute atomic E-state index is 13.5. The molecule has 0 aliphatic heterocycles. The van der Waals surface area contributed by atoms with Crippen LogP contribution < -0.4 is 0 Å². The van der Waals surface area contributed by atoms with E-state index >= 15 is 0 Å². The number of alkyl halides is 6. The predicted octanol–water partition coefficient (Wildman–Crippen LogP) is 7.24. The van der Waals surface area contributed by atoms with Crippen molar-refractivity contribution in [1.82, 2.24) is 0 Å². The number of carbonyl (C=O) groups is 1. The number of Topliss-reactive ketones (excluding diaryl/α,β-unsaturated/α-hetero) is 1. The number of ketones is 1. The van der Waals surface area contributed by atoms with E-state index in [1.807, 2.05) is 0 Å². The standard InChI is InChI=1S/C22H11F6NOS/c23-21(24,25)16-8-6-13(7-9-16)10-15(12-29)19(30)18-11-17(14-4-2-1-3-5-14)20(31-18)22(26,27)28/h1-11H/b15-10+. The summed E-state index contributed by atoms with van der Waals surface area (Å²) in [5.74, 6) is -0.944. The normalized spacial score (nSPS) is 12.5. The molecule has 0 fully saturated rings. The van der Waals surface area contributed by atoms with Crippen molar-refractivity contribution in [1.29, 1.82) is 5.26 Å². The molecule has 1 heterocycles. The van der Waals surface area contributed by atoms with Gasteiger partial charge in [-0.25, -0.2) is 0 Å². The van der Waals surface area contributed by atoms with Crippen LogP contribution >= 0.6 is 11.3 Å². The summed E-state index contributed by atoms with van der Waals surface area (Å²) in [5, 5.41) is 9.32. The van der Waals surface area contributed by atoms with Gasteiger partial charge in [-0.3, -0.25) is 4.79 Å². The molecule has 0 saturated carbocycles. The van der Waals surface area contributed by atoms with Crippen molar-refractivity contribution in [3.63, 3.8) is 0 Å². The average molecular weight is 451 g/mol. The molecule has 9 heteroatoms. The van der Waals surface area contributed by atoms with Gasteiger partial charge in [-0.05, 0) is 35.4 Å². The topological polar surface area (TPSA) is 40.9 Å². The van der Waals surface area contributed by atoms with Gasteiger partial charge in [0.05, 0.1) is 10.4 Å². The summed E-state index contributed by atoms with van der Waals surface area (Å²) in [6, 6.07) is 14.1. The summed E-state index contributed by atoms with van der Waals surface area (Å²) in [5.41, 5.74) is -1.19. The average Bonchev–Trinajstić information content (AvgIpc) is 3.18. The smallest absolute Gasteiger partial charge is 0.287 e. The number of rotatable bonds is 4. The second-order valence-corrected chi connectivity index (χ2v) is 7.39. The van der Waals surface area contributed by atoms with Gasteiger partial charge in [0, 0.05) is 5.56 Å². The van der Waals surface area contributed by atoms with Crippen LogP contribution in [0.2, 0.25) is 0 Å². The van der Waals surface area contributed by atoms with Gasteiger partial charge in [-0.15, -0.1) is 11.3 Å². The van der Waals surface area contributed by atoms with E-state index in [1.54, 1.807) is 24.3 Å². The highest BCUT2D eigenvalue weighted by atomic mass is 32.1. The molecule has 3 rings (SSSR count). The number of hydrogen-bond donors (Lipinski definition) is 0. The molecule has 1 aromatic heterocycles. The molecule has 158 valence electrons. The number of nitriles is 1.